The van der Waals surface area contributed by atoms with Crippen LogP contribution < -0.4 is 16.0 Å². The van der Waals surface area contributed by atoms with Crippen molar-refractivity contribution >= 4 is 28.2 Å². The van der Waals surface area contributed by atoms with Gasteiger partial charge in [-0.15, -0.1) is 5.10 Å². The zero-order valence-electron chi connectivity index (χ0n) is 22.6. The Balaban J connectivity index is 1.49. The van der Waals surface area contributed by atoms with Crippen LogP contribution in [0.15, 0.2) is 42.7 Å². The van der Waals surface area contributed by atoms with Crippen LogP contribution in [0.4, 0.5) is 11.4 Å². The van der Waals surface area contributed by atoms with Crippen LogP contribution in [0.2, 0.25) is 0 Å². The van der Waals surface area contributed by atoms with Gasteiger partial charge in [0.1, 0.15) is 17.8 Å². The molecule has 3 heterocycles. The van der Waals surface area contributed by atoms with Crippen molar-refractivity contribution in [3.63, 3.8) is 0 Å². The number of amides is 1. The average Bonchev–Trinajstić information content (AvgIpc) is 3.55. The third kappa shape index (κ3) is 4.69. The fraction of sp³-hybridized carbons (Fsp3) is 0.333. The van der Waals surface area contributed by atoms with Crippen molar-refractivity contribution in [3.8, 4) is 12.1 Å². The molecule has 3 N–H and O–H groups in total. The number of nitriles is 2. The van der Waals surface area contributed by atoms with E-state index in [0.29, 0.717) is 63.8 Å². The molecule has 200 valence electrons. The molecule has 4 aromatic rings. The Morgan fingerprint density at radius 1 is 1.18 bits per heavy atom. The van der Waals surface area contributed by atoms with Gasteiger partial charge in [-0.2, -0.15) is 10.5 Å². The smallest absolute Gasteiger partial charge is 0.252 e. The number of pyridine rings is 1. The highest BCUT2D eigenvalue weighted by Gasteiger charge is 2.31. The minimum absolute atomic E-state index is 0.0387. The topological polar surface area (TPSA) is 144 Å². The van der Waals surface area contributed by atoms with Crippen LogP contribution in [0.5, 0.6) is 0 Å². The molecule has 1 amide bonds. The van der Waals surface area contributed by atoms with E-state index in [1.807, 2.05) is 35.1 Å². The first kappa shape index (κ1) is 25.3. The number of rotatable bonds is 7. The van der Waals surface area contributed by atoms with Gasteiger partial charge in [0.15, 0.2) is 0 Å². The lowest BCUT2D eigenvalue weighted by Gasteiger charge is -2.23. The lowest BCUT2D eigenvalue weighted by molar-refractivity contribution is 0.0965. The number of hydrogen-bond acceptors (Lipinski definition) is 8. The molecule has 0 saturated heterocycles. The van der Waals surface area contributed by atoms with Crippen LogP contribution in [0.3, 0.4) is 0 Å². The maximum atomic E-state index is 12.9. The van der Waals surface area contributed by atoms with E-state index < -0.39 is 6.04 Å². The maximum Gasteiger partial charge on any atom is 0.252 e. The zero-order valence-corrected chi connectivity index (χ0v) is 22.6. The van der Waals surface area contributed by atoms with E-state index in [-0.39, 0.29) is 11.3 Å². The molecule has 6 rings (SSSR count). The molecule has 2 aromatic heterocycles. The molecule has 10 nitrogen and oxygen atoms in total. The van der Waals surface area contributed by atoms with Gasteiger partial charge in [0.05, 0.1) is 40.6 Å². The fourth-order valence-corrected chi connectivity index (χ4v) is 5.07. The monoisotopic (exact) mass is 531 g/mol. The number of carbonyl (C=O) groups is 1. The normalized spacial score (nSPS) is 15.2. The number of hydrogen-bond donors (Lipinski definition) is 3. The highest BCUT2D eigenvalue weighted by Crippen LogP contribution is 2.38. The van der Waals surface area contributed by atoms with E-state index in [1.165, 1.54) is 6.20 Å². The number of fused-ring (bicyclic) bond motifs is 2. The van der Waals surface area contributed by atoms with E-state index in [4.69, 9.17) is 0 Å². The molecule has 0 bridgehead atoms. The minimum atomic E-state index is -0.506. The summed E-state index contributed by atoms with van der Waals surface area (Å²) in [6, 6.07) is 13.8. The molecular formula is C30H29N9O. The first-order chi connectivity index (χ1) is 19.3. The highest BCUT2D eigenvalue weighted by molar-refractivity contribution is 6.01. The van der Waals surface area contributed by atoms with Crippen LogP contribution in [-0.2, 0) is 6.54 Å². The Hall–Kier alpha value is -4.96. The Labute approximate surface area is 232 Å². The molecule has 1 saturated carbocycles. The molecule has 1 unspecified atom stereocenters. The molecule has 1 fully saturated rings. The van der Waals surface area contributed by atoms with Crippen molar-refractivity contribution < 1.29 is 4.79 Å². The van der Waals surface area contributed by atoms with E-state index >= 15 is 0 Å². The third-order valence-corrected chi connectivity index (χ3v) is 7.22. The Morgan fingerprint density at radius 2 is 1.98 bits per heavy atom. The summed E-state index contributed by atoms with van der Waals surface area (Å²) >= 11 is 0. The average molecular weight is 532 g/mol. The molecule has 40 heavy (non-hydrogen) atoms. The summed E-state index contributed by atoms with van der Waals surface area (Å²) in [5, 5.41) is 39.3. The van der Waals surface area contributed by atoms with Crippen LogP contribution >= 0.6 is 0 Å². The van der Waals surface area contributed by atoms with E-state index in [9.17, 15) is 15.3 Å². The molecule has 10 heteroatoms. The van der Waals surface area contributed by atoms with Gasteiger partial charge >= 0.3 is 0 Å². The second-order valence-corrected chi connectivity index (χ2v) is 11.6. The molecule has 1 atom stereocenters. The minimum Gasteiger partial charge on any atom is -0.383 e. The molecule has 0 radical (unpaired) electrons. The highest BCUT2D eigenvalue weighted by atomic mass is 16.1. The van der Waals surface area contributed by atoms with Crippen molar-refractivity contribution in [2.45, 2.75) is 52.2 Å². The summed E-state index contributed by atoms with van der Waals surface area (Å²) in [4.78, 5) is 17.3. The van der Waals surface area contributed by atoms with Crippen molar-refractivity contribution in [3.05, 3.63) is 76.2 Å². The quantitative estimate of drug-likeness (QED) is 0.308. The number of nitrogens with zero attached hydrogens (tertiary/aromatic N) is 6. The Bertz CT molecular complexity index is 1730. The fourth-order valence-electron chi connectivity index (χ4n) is 5.07. The van der Waals surface area contributed by atoms with Gasteiger partial charge in [0.2, 0.25) is 0 Å². The van der Waals surface area contributed by atoms with Gasteiger partial charge in [0, 0.05) is 35.9 Å². The number of nitrogens with one attached hydrogen (secondary N) is 3. The summed E-state index contributed by atoms with van der Waals surface area (Å²) in [6.45, 7) is 7.42. The van der Waals surface area contributed by atoms with Crippen LogP contribution in [-0.4, -0.2) is 32.4 Å². The largest absolute Gasteiger partial charge is 0.383 e. The Kier molecular flexibility index (Phi) is 6.11. The zero-order chi connectivity index (χ0) is 28.0. The van der Waals surface area contributed by atoms with Gasteiger partial charge < -0.3 is 16.0 Å². The standard InChI is InChI=1S/C30H29N9O/c1-30(2,3)16-35-27-19(12-32)14-33-26-18(11-31)9-20(10-23(26)27)36-28(24-15-39(38-37-24)21-7-8-21)22-6-4-5-17-13-34-29(40)25(17)22/h4-6,9-10,14-15,21,28,36H,7-8,13,16H2,1-3H3,(H,33,35)(H,34,40). The van der Waals surface area contributed by atoms with Gasteiger partial charge in [-0.3, -0.25) is 9.78 Å². The van der Waals surface area contributed by atoms with Gasteiger partial charge in [0.25, 0.3) is 5.91 Å². The summed E-state index contributed by atoms with van der Waals surface area (Å²) in [5.74, 6) is -0.125. The summed E-state index contributed by atoms with van der Waals surface area (Å²) < 4.78 is 1.88. The predicted molar refractivity (Wildman–Crippen MR) is 150 cm³/mol. The van der Waals surface area contributed by atoms with Crippen molar-refractivity contribution in [2.24, 2.45) is 5.41 Å². The molecule has 2 aliphatic rings. The molecule has 1 aliphatic heterocycles. The van der Waals surface area contributed by atoms with E-state index in [1.54, 1.807) is 6.07 Å². The van der Waals surface area contributed by atoms with Crippen LogP contribution in [0, 0.1) is 28.1 Å². The summed E-state index contributed by atoms with van der Waals surface area (Å²) in [5.41, 5.74) is 5.54. The lowest BCUT2D eigenvalue weighted by Crippen LogP contribution is -2.20. The molecular weight excluding hydrogens is 502 g/mol. The SMILES string of the molecule is CC(C)(C)CNc1c(C#N)cnc2c(C#N)cc(NC(c3cn(C4CC4)nn3)c3cccc4c3C(=O)NC4)cc12. The first-order valence-corrected chi connectivity index (χ1v) is 13.3. The summed E-state index contributed by atoms with van der Waals surface area (Å²) in [7, 11) is 0. The lowest BCUT2D eigenvalue weighted by atomic mass is 9.94. The van der Waals surface area contributed by atoms with Gasteiger partial charge in [-0.05, 0) is 41.5 Å². The van der Waals surface area contributed by atoms with Crippen LogP contribution in [0.25, 0.3) is 10.9 Å². The van der Waals surface area contributed by atoms with E-state index in [2.05, 4.69) is 64.2 Å². The van der Waals surface area contributed by atoms with Gasteiger partial charge in [-0.25, -0.2) is 4.68 Å². The predicted octanol–water partition coefficient (Wildman–Crippen LogP) is 4.81. The second kappa shape index (κ2) is 9.65. The molecule has 1 aliphatic carbocycles. The van der Waals surface area contributed by atoms with Crippen molar-refractivity contribution in [1.82, 2.24) is 25.3 Å². The molecule has 2 aromatic carbocycles. The van der Waals surface area contributed by atoms with Crippen molar-refractivity contribution in [1.29, 1.82) is 10.5 Å². The number of aromatic nitrogens is 4. The van der Waals surface area contributed by atoms with Crippen molar-refractivity contribution in [2.75, 3.05) is 17.2 Å². The third-order valence-electron chi connectivity index (χ3n) is 7.22. The Morgan fingerprint density at radius 3 is 2.70 bits per heavy atom. The number of benzene rings is 2. The maximum absolute atomic E-state index is 12.9. The van der Waals surface area contributed by atoms with Crippen LogP contribution in [0.1, 0.15) is 84.0 Å². The summed E-state index contributed by atoms with van der Waals surface area (Å²) in [6.07, 6.45) is 5.57. The van der Waals surface area contributed by atoms with Gasteiger partial charge in [-0.1, -0.05) is 44.2 Å². The number of carbonyl (C=O) groups excluding carboxylic acids is 1. The second-order valence-electron chi connectivity index (χ2n) is 11.6. The molecule has 0 spiro atoms. The number of anilines is 2. The first-order valence-electron chi connectivity index (χ1n) is 13.3. The van der Waals surface area contributed by atoms with E-state index in [0.717, 1.165) is 24.0 Å².